The molecular formula is C18H22Cl2N2. The minimum Gasteiger partial charge on any atom is -0.341 e. The predicted octanol–water partition coefficient (Wildman–Crippen LogP) is 4.78. The monoisotopic (exact) mass is 336 g/mol. The molecule has 0 aliphatic carbocycles. The lowest BCUT2D eigenvalue weighted by atomic mass is 10.0. The first-order chi connectivity index (χ1) is 10.8. The Labute approximate surface area is 142 Å². The summed E-state index contributed by atoms with van der Waals surface area (Å²) in [7, 11) is 0. The second-order valence-electron chi connectivity index (χ2n) is 5.20. The van der Waals surface area contributed by atoms with E-state index in [1.54, 1.807) is 0 Å². The molecular weight excluding hydrogens is 315 g/mol. The highest BCUT2D eigenvalue weighted by molar-refractivity contribution is 6.30. The van der Waals surface area contributed by atoms with Crippen LogP contribution in [0.4, 0.5) is 11.4 Å². The lowest BCUT2D eigenvalue weighted by Crippen LogP contribution is -2.21. The van der Waals surface area contributed by atoms with Gasteiger partial charge in [0.15, 0.2) is 0 Å². The summed E-state index contributed by atoms with van der Waals surface area (Å²) >= 11 is 10.8. The molecule has 0 fully saturated rings. The molecule has 1 aliphatic rings. The summed E-state index contributed by atoms with van der Waals surface area (Å²) in [4.78, 5) is 2.39. The van der Waals surface area contributed by atoms with E-state index in [1.165, 1.54) is 28.9 Å². The molecule has 0 radical (unpaired) electrons. The fourth-order valence-electron chi connectivity index (χ4n) is 2.89. The Kier molecular flexibility index (Phi) is 6.56. The number of aryl methyl sites for hydroxylation is 2. The summed E-state index contributed by atoms with van der Waals surface area (Å²) in [5.74, 6) is 0. The van der Waals surface area contributed by atoms with Crippen LogP contribution in [0, 0.1) is 0 Å². The zero-order valence-corrected chi connectivity index (χ0v) is 14.4. The standard InChI is InChI=1S/C17H19ClN2.CH3Cl/c18-15-8-9-17-14(12-15)7-6-13-4-1-2-5-16(13)20(17)11-3-10-19;1-2/h1-2,4-5,8-9,12H,3,6-7,10-11,19H2;1H3. The van der Waals surface area contributed by atoms with E-state index < -0.39 is 0 Å². The molecule has 4 heteroatoms. The third kappa shape index (κ3) is 3.75. The van der Waals surface area contributed by atoms with Crippen molar-refractivity contribution in [2.45, 2.75) is 19.3 Å². The van der Waals surface area contributed by atoms with Crippen molar-refractivity contribution in [1.82, 2.24) is 0 Å². The van der Waals surface area contributed by atoms with Crippen molar-refractivity contribution in [1.29, 1.82) is 0 Å². The molecule has 3 rings (SSSR count). The highest BCUT2D eigenvalue weighted by atomic mass is 35.5. The summed E-state index contributed by atoms with van der Waals surface area (Å²) in [5, 5.41) is 0.813. The first-order valence-electron chi connectivity index (χ1n) is 7.51. The summed E-state index contributed by atoms with van der Waals surface area (Å²) in [6, 6.07) is 14.9. The topological polar surface area (TPSA) is 29.3 Å². The Morgan fingerprint density at radius 1 is 1.00 bits per heavy atom. The van der Waals surface area contributed by atoms with E-state index in [0.29, 0.717) is 6.54 Å². The predicted molar refractivity (Wildman–Crippen MR) is 97.8 cm³/mol. The van der Waals surface area contributed by atoms with Gasteiger partial charge in [-0.15, -0.1) is 11.6 Å². The van der Waals surface area contributed by atoms with E-state index in [2.05, 4.69) is 52.9 Å². The van der Waals surface area contributed by atoms with E-state index in [4.69, 9.17) is 17.3 Å². The zero-order valence-electron chi connectivity index (χ0n) is 12.9. The third-order valence-corrected chi connectivity index (χ3v) is 4.10. The van der Waals surface area contributed by atoms with Crippen LogP contribution in [-0.2, 0) is 12.8 Å². The molecule has 118 valence electrons. The minimum absolute atomic E-state index is 0.710. The van der Waals surface area contributed by atoms with Crippen LogP contribution in [0.2, 0.25) is 5.02 Å². The van der Waals surface area contributed by atoms with Gasteiger partial charge in [0.05, 0.1) is 0 Å². The Morgan fingerprint density at radius 2 is 1.68 bits per heavy atom. The Morgan fingerprint density at radius 3 is 2.45 bits per heavy atom. The largest absolute Gasteiger partial charge is 0.341 e. The first-order valence-corrected chi connectivity index (χ1v) is 8.65. The van der Waals surface area contributed by atoms with Gasteiger partial charge in [-0.05, 0) is 61.2 Å². The number of alkyl halides is 1. The van der Waals surface area contributed by atoms with E-state index in [0.717, 1.165) is 30.8 Å². The number of hydrogen-bond acceptors (Lipinski definition) is 2. The fourth-order valence-corrected chi connectivity index (χ4v) is 3.09. The maximum Gasteiger partial charge on any atom is 0.0444 e. The van der Waals surface area contributed by atoms with Crippen molar-refractivity contribution < 1.29 is 0 Å². The van der Waals surface area contributed by atoms with Gasteiger partial charge in [-0.3, -0.25) is 0 Å². The van der Waals surface area contributed by atoms with Gasteiger partial charge < -0.3 is 10.6 Å². The van der Waals surface area contributed by atoms with Gasteiger partial charge in [-0.1, -0.05) is 29.8 Å². The maximum absolute atomic E-state index is 6.15. The van der Waals surface area contributed by atoms with Gasteiger partial charge in [-0.25, -0.2) is 0 Å². The van der Waals surface area contributed by atoms with Crippen LogP contribution >= 0.6 is 23.2 Å². The maximum atomic E-state index is 6.15. The number of anilines is 2. The quantitative estimate of drug-likeness (QED) is 0.817. The molecule has 1 aliphatic heterocycles. The van der Waals surface area contributed by atoms with Crippen molar-refractivity contribution in [2.24, 2.45) is 5.73 Å². The van der Waals surface area contributed by atoms with Gasteiger partial charge in [-0.2, -0.15) is 0 Å². The van der Waals surface area contributed by atoms with Gasteiger partial charge in [0.2, 0.25) is 0 Å². The SMILES string of the molecule is CCl.NCCCN1c2ccccc2CCc2cc(Cl)ccc21. The number of halogens is 2. The number of fused-ring (bicyclic) bond motifs is 2. The molecule has 2 nitrogen and oxygen atoms in total. The van der Waals surface area contributed by atoms with Crippen LogP contribution in [0.5, 0.6) is 0 Å². The molecule has 0 bridgehead atoms. The molecule has 22 heavy (non-hydrogen) atoms. The van der Waals surface area contributed by atoms with Crippen LogP contribution in [0.1, 0.15) is 17.5 Å². The molecule has 1 heterocycles. The second kappa shape index (κ2) is 8.42. The van der Waals surface area contributed by atoms with Crippen LogP contribution < -0.4 is 10.6 Å². The molecule has 0 unspecified atom stereocenters. The van der Waals surface area contributed by atoms with Crippen molar-refractivity contribution in [3.05, 3.63) is 58.6 Å². The van der Waals surface area contributed by atoms with Gasteiger partial charge in [0.1, 0.15) is 0 Å². The van der Waals surface area contributed by atoms with Crippen molar-refractivity contribution >= 4 is 34.6 Å². The highest BCUT2D eigenvalue weighted by Gasteiger charge is 2.19. The molecule has 2 aromatic rings. The fraction of sp³-hybridized carbons (Fsp3) is 0.333. The number of hydrogen-bond donors (Lipinski definition) is 1. The average Bonchev–Trinajstić information content (AvgIpc) is 2.71. The van der Waals surface area contributed by atoms with Crippen LogP contribution in [0.25, 0.3) is 0 Å². The number of rotatable bonds is 3. The first kappa shape index (κ1) is 17.1. The van der Waals surface area contributed by atoms with Gasteiger partial charge >= 0.3 is 0 Å². The molecule has 0 amide bonds. The van der Waals surface area contributed by atoms with E-state index in [1.807, 2.05) is 6.07 Å². The van der Waals surface area contributed by atoms with Crippen molar-refractivity contribution in [2.75, 3.05) is 24.4 Å². The van der Waals surface area contributed by atoms with Crippen molar-refractivity contribution in [3.63, 3.8) is 0 Å². The molecule has 2 aromatic carbocycles. The van der Waals surface area contributed by atoms with Gasteiger partial charge in [0, 0.05) is 29.3 Å². The summed E-state index contributed by atoms with van der Waals surface area (Å²) in [5.41, 5.74) is 11.0. The zero-order chi connectivity index (χ0) is 15.9. The summed E-state index contributed by atoms with van der Waals surface area (Å²) < 4.78 is 0. The van der Waals surface area contributed by atoms with E-state index in [9.17, 15) is 0 Å². The van der Waals surface area contributed by atoms with E-state index in [-0.39, 0.29) is 0 Å². The Balaban J connectivity index is 0.000000847. The molecule has 0 atom stereocenters. The van der Waals surface area contributed by atoms with Crippen LogP contribution in [-0.4, -0.2) is 19.5 Å². The Hall–Kier alpha value is -1.22. The summed E-state index contributed by atoms with van der Waals surface area (Å²) in [6.07, 6.45) is 4.55. The second-order valence-corrected chi connectivity index (χ2v) is 5.63. The normalized spacial score (nSPS) is 12.6. The minimum atomic E-state index is 0.710. The van der Waals surface area contributed by atoms with Gasteiger partial charge in [0.25, 0.3) is 0 Å². The highest BCUT2D eigenvalue weighted by Crippen LogP contribution is 2.37. The number of para-hydroxylation sites is 1. The number of nitrogens with zero attached hydrogens (tertiary/aromatic N) is 1. The van der Waals surface area contributed by atoms with E-state index >= 15 is 0 Å². The third-order valence-electron chi connectivity index (χ3n) is 3.86. The Bertz CT molecular complexity index is 614. The smallest absolute Gasteiger partial charge is 0.0444 e. The number of nitrogens with two attached hydrogens (primary N) is 1. The molecule has 0 aromatic heterocycles. The molecule has 2 N–H and O–H groups in total. The van der Waals surface area contributed by atoms with Crippen LogP contribution in [0.15, 0.2) is 42.5 Å². The van der Waals surface area contributed by atoms with Crippen molar-refractivity contribution in [3.8, 4) is 0 Å². The number of benzene rings is 2. The summed E-state index contributed by atoms with van der Waals surface area (Å²) in [6.45, 7) is 1.66. The molecule has 0 spiro atoms. The average molecular weight is 337 g/mol. The molecule has 0 saturated carbocycles. The molecule has 0 saturated heterocycles. The van der Waals surface area contributed by atoms with Crippen LogP contribution in [0.3, 0.4) is 0 Å². The lowest BCUT2D eigenvalue weighted by Gasteiger charge is -2.27. The lowest BCUT2D eigenvalue weighted by molar-refractivity contribution is 0.816.